The molecule has 3 rings (SSSR count). The van der Waals surface area contributed by atoms with Gasteiger partial charge in [-0.3, -0.25) is 4.79 Å². The fourth-order valence-electron chi connectivity index (χ4n) is 2.69. The normalized spacial score (nSPS) is 12.3. The van der Waals surface area contributed by atoms with Crippen LogP contribution in [0.2, 0.25) is 0 Å². The van der Waals surface area contributed by atoms with Gasteiger partial charge in [0.2, 0.25) is 5.91 Å². The van der Waals surface area contributed by atoms with Crippen molar-refractivity contribution in [3.8, 4) is 0 Å². The molecule has 0 saturated heterocycles. The molecule has 0 aliphatic carbocycles. The first-order valence-electron chi connectivity index (χ1n) is 9.29. The number of hydrogen-bond acceptors (Lipinski definition) is 4. The Morgan fingerprint density at radius 2 is 2.03 bits per heavy atom. The van der Waals surface area contributed by atoms with Crippen LogP contribution in [0.15, 0.2) is 57.3 Å². The van der Waals surface area contributed by atoms with Gasteiger partial charge >= 0.3 is 0 Å². The molecule has 156 valence electrons. The van der Waals surface area contributed by atoms with Gasteiger partial charge in [0.25, 0.3) is 0 Å². The Hall–Kier alpha value is -2.07. The zero-order valence-corrected chi connectivity index (χ0v) is 20.0. The number of para-hydroxylation sites is 1. The van der Waals surface area contributed by atoms with Crippen LogP contribution in [0.3, 0.4) is 0 Å². The average Bonchev–Trinajstić information content (AvgIpc) is 3.34. The second-order valence-corrected chi connectivity index (χ2v) is 7.79. The number of furan rings is 1. The van der Waals surface area contributed by atoms with Gasteiger partial charge in [-0.1, -0.05) is 24.3 Å². The lowest BCUT2D eigenvalue weighted by molar-refractivity contribution is -0.127. The summed E-state index contributed by atoms with van der Waals surface area (Å²) >= 11 is 1.73. The van der Waals surface area contributed by atoms with Gasteiger partial charge in [0.1, 0.15) is 17.9 Å². The molecule has 6 nitrogen and oxygen atoms in total. The summed E-state index contributed by atoms with van der Waals surface area (Å²) in [7, 11) is 3.46. The summed E-state index contributed by atoms with van der Waals surface area (Å²) in [6, 6.07) is 14.0. The molecule has 2 aromatic heterocycles. The number of guanidine groups is 1. The van der Waals surface area contributed by atoms with Gasteiger partial charge < -0.3 is 20.0 Å². The molecule has 1 aromatic carbocycles. The van der Waals surface area contributed by atoms with Crippen molar-refractivity contribution in [3.05, 3.63) is 58.5 Å². The molecule has 8 heteroatoms. The van der Waals surface area contributed by atoms with Crippen LogP contribution in [0.5, 0.6) is 0 Å². The Morgan fingerprint density at radius 1 is 1.24 bits per heavy atom. The van der Waals surface area contributed by atoms with E-state index in [1.807, 2.05) is 43.3 Å². The Kier molecular flexibility index (Phi) is 8.97. The summed E-state index contributed by atoms with van der Waals surface area (Å²) < 4.78 is 5.94. The highest BCUT2D eigenvalue weighted by Crippen LogP contribution is 2.23. The molecule has 0 aliphatic heterocycles. The Bertz CT molecular complexity index is 904. The lowest BCUT2D eigenvalue weighted by atomic mass is 10.2. The summed E-state index contributed by atoms with van der Waals surface area (Å²) in [5.41, 5.74) is 0.859. The average molecular weight is 526 g/mol. The van der Waals surface area contributed by atoms with E-state index in [0.717, 1.165) is 29.7 Å². The zero-order chi connectivity index (χ0) is 19.9. The van der Waals surface area contributed by atoms with Crippen LogP contribution in [0.25, 0.3) is 11.0 Å². The van der Waals surface area contributed by atoms with Crippen LogP contribution in [0.4, 0.5) is 0 Å². The van der Waals surface area contributed by atoms with E-state index in [2.05, 4.69) is 27.1 Å². The zero-order valence-electron chi connectivity index (χ0n) is 16.8. The van der Waals surface area contributed by atoms with Crippen molar-refractivity contribution in [2.24, 2.45) is 4.99 Å². The maximum atomic E-state index is 11.9. The van der Waals surface area contributed by atoms with Crippen LogP contribution in [-0.2, 0) is 11.2 Å². The number of carbonyl (C=O) groups is 1. The second kappa shape index (κ2) is 11.2. The minimum Gasteiger partial charge on any atom is -0.459 e. The molecule has 29 heavy (non-hydrogen) atoms. The van der Waals surface area contributed by atoms with Crippen molar-refractivity contribution in [2.75, 3.05) is 27.2 Å². The molecule has 1 unspecified atom stereocenters. The van der Waals surface area contributed by atoms with Crippen molar-refractivity contribution in [1.29, 1.82) is 0 Å². The lowest BCUT2D eigenvalue weighted by Crippen LogP contribution is -2.40. The van der Waals surface area contributed by atoms with E-state index in [-0.39, 0.29) is 42.5 Å². The third-order valence-electron chi connectivity index (χ3n) is 4.34. The van der Waals surface area contributed by atoms with Gasteiger partial charge in [-0.25, -0.2) is 4.99 Å². The quantitative estimate of drug-likeness (QED) is 0.277. The van der Waals surface area contributed by atoms with Gasteiger partial charge in [0, 0.05) is 30.9 Å². The number of thiophene rings is 1. The summed E-state index contributed by atoms with van der Waals surface area (Å²) in [6.07, 6.45) is 0.902. The summed E-state index contributed by atoms with van der Waals surface area (Å²) in [4.78, 5) is 19.2. The van der Waals surface area contributed by atoms with Gasteiger partial charge in [-0.05, 0) is 36.9 Å². The number of benzene rings is 1. The minimum atomic E-state index is -0.0881. The number of likely N-dealkylation sites (N-methyl/N-ethyl adjacent to an activating group) is 1. The molecule has 3 aromatic rings. The Morgan fingerprint density at radius 3 is 2.72 bits per heavy atom. The highest BCUT2D eigenvalue weighted by Gasteiger charge is 2.14. The van der Waals surface area contributed by atoms with Crippen LogP contribution in [0, 0.1) is 0 Å². The summed E-state index contributed by atoms with van der Waals surface area (Å²) in [6.45, 7) is 2.84. The van der Waals surface area contributed by atoms with Crippen molar-refractivity contribution in [1.82, 2.24) is 15.5 Å². The molecule has 0 aliphatic rings. The molecule has 1 amide bonds. The molecule has 2 heterocycles. The third-order valence-corrected chi connectivity index (χ3v) is 5.28. The predicted octanol–water partition coefficient (Wildman–Crippen LogP) is 4.04. The van der Waals surface area contributed by atoms with Gasteiger partial charge in [-0.2, -0.15) is 0 Å². The number of carbonyl (C=O) groups excluding carboxylic acids is 1. The first-order valence-corrected chi connectivity index (χ1v) is 10.2. The summed E-state index contributed by atoms with van der Waals surface area (Å²) in [5, 5.41) is 9.81. The fourth-order valence-corrected chi connectivity index (χ4v) is 3.40. The number of rotatable bonds is 7. The van der Waals surface area contributed by atoms with E-state index in [0.29, 0.717) is 5.96 Å². The number of amides is 1. The highest BCUT2D eigenvalue weighted by atomic mass is 127. The number of nitrogens with zero attached hydrogens (tertiary/aromatic N) is 2. The maximum absolute atomic E-state index is 11.9. The van der Waals surface area contributed by atoms with Crippen molar-refractivity contribution >= 4 is 58.1 Å². The number of hydrogen-bond donors (Lipinski definition) is 2. The molecule has 0 bridgehead atoms. The SMILES string of the molecule is CC(NC(=NCC(=O)N(C)C)NCCc1cccs1)c1cc2ccccc2o1.I. The largest absolute Gasteiger partial charge is 0.459 e. The van der Waals surface area contributed by atoms with Gasteiger partial charge in [-0.15, -0.1) is 35.3 Å². The van der Waals surface area contributed by atoms with E-state index < -0.39 is 0 Å². The Labute approximate surface area is 192 Å². The first-order chi connectivity index (χ1) is 13.5. The standard InChI is InChI=1S/C21H26N4O2S.HI/c1-15(19-13-16-7-4-5-9-18(16)27-19)24-21(23-14-20(26)25(2)3)22-11-10-17-8-6-12-28-17;/h4-9,12-13,15H,10-11,14H2,1-3H3,(H2,22,23,24);1H. The summed E-state index contributed by atoms with van der Waals surface area (Å²) in [5.74, 6) is 1.38. The number of aliphatic imine (C=N–C) groups is 1. The molecule has 0 spiro atoms. The van der Waals surface area contributed by atoms with Crippen molar-refractivity contribution in [2.45, 2.75) is 19.4 Å². The van der Waals surface area contributed by atoms with Crippen LogP contribution < -0.4 is 10.6 Å². The van der Waals surface area contributed by atoms with Crippen molar-refractivity contribution in [3.63, 3.8) is 0 Å². The number of halogens is 1. The van der Waals surface area contributed by atoms with E-state index in [4.69, 9.17) is 4.42 Å². The highest BCUT2D eigenvalue weighted by molar-refractivity contribution is 14.0. The first kappa shape index (κ1) is 23.2. The van der Waals surface area contributed by atoms with Crippen LogP contribution in [0.1, 0.15) is 23.6 Å². The molecular weight excluding hydrogens is 499 g/mol. The lowest BCUT2D eigenvalue weighted by Gasteiger charge is -2.17. The fraction of sp³-hybridized carbons (Fsp3) is 0.333. The second-order valence-electron chi connectivity index (χ2n) is 6.76. The van der Waals surface area contributed by atoms with Gasteiger partial charge in [0.05, 0.1) is 6.04 Å². The topological polar surface area (TPSA) is 69.9 Å². The minimum absolute atomic E-state index is 0. The smallest absolute Gasteiger partial charge is 0.243 e. The maximum Gasteiger partial charge on any atom is 0.243 e. The van der Waals surface area contributed by atoms with E-state index in [9.17, 15) is 4.79 Å². The predicted molar refractivity (Wildman–Crippen MR) is 130 cm³/mol. The molecule has 0 saturated carbocycles. The van der Waals surface area contributed by atoms with Crippen LogP contribution in [-0.4, -0.2) is 44.0 Å². The Balaban J connectivity index is 0.00000300. The van der Waals surface area contributed by atoms with E-state index >= 15 is 0 Å². The molecule has 1 atom stereocenters. The number of nitrogens with one attached hydrogen (secondary N) is 2. The number of fused-ring (bicyclic) bond motifs is 1. The monoisotopic (exact) mass is 526 g/mol. The molecular formula is C21H27IN4O2S. The molecule has 2 N–H and O–H groups in total. The molecule has 0 radical (unpaired) electrons. The van der Waals surface area contributed by atoms with Gasteiger partial charge in [0.15, 0.2) is 5.96 Å². The van der Waals surface area contributed by atoms with Crippen molar-refractivity contribution < 1.29 is 9.21 Å². The van der Waals surface area contributed by atoms with E-state index in [1.54, 1.807) is 25.4 Å². The third kappa shape index (κ3) is 6.74. The molecule has 0 fully saturated rings. The van der Waals surface area contributed by atoms with Crippen LogP contribution >= 0.6 is 35.3 Å². The van der Waals surface area contributed by atoms with E-state index in [1.165, 1.54) is 9.78 Å².